The number of likely N-dealkylation sites (tertiary alicyclic amines) is 1. The van der Waals surface area contributed by atoms with Gasteiger partial charge in [-0.15, -0.1) is 0 Å². The van der Waals surface area contributed by atoms with Gasteiger partial charge in [-0.25, -0.2) is 0 Å². The molecule has 4 nitrogen and oxygen atoms in total. The molecule has 1 aliphatic rings. The predicted octanol–water partition coefficient (Wildman–Crippen LogP) is 1.66. The van der Waals surface area contributed by atoms with Crippen molar-refractivity contribution >= 4 is 21.8 Å². The fourth-order valence-corrected chi connectivity index (χ4v) is 2.22. The van der Waals surface area contributed by atoms with Gasteiger partial charge in [0.05, 0.1) is 11.8 Å². The third-order valence-electron chi connectivity index (χ3n) is 2.83. The Morgan fingerprint density at radius 1 is 1.73 bits per heavy atom. The number of aromatic nitrogens is 2. The number of rotatable bonds is 1. The second-order valence-corrected chi connectivity index (χ2v) is 5.20. The molecule has 2 atom stereocenters. The smallest absolute Gasteiger partial charge is 0.257 e. The number of hydrogen-bond donors (Lipinski definition) is 1. The highest BCUT2D eigenvalue weighted by Gasteiger charge is 2.27. The van der Waals surface area contributed by atoms with Crippen molar-refractivity contribution in [2.75, 3.05) is 13.1 Å². The number of carbonyl (C=O) groups is 1. The van der Waals surface area contributed by atoms with Gasteiger partial charge >= 0.3 is 0 Å². The summed E-state index contributed by atoms with van der Waals surface area (Å²) in [5, 5.41) is 6.45. The van der Waals surface area contributed by atoms with E-state index in [-0.39, 0.29) is 5.91 Å². The molecule has 0 saturated carbocycles. The molecule has 1 aromatic heterocycles. The quantitative estimate of drug-likeness (QED) is 0.790. The van der Waals surface area contributed by atoms with E-state index in [0.717, 1.165) is 19.5 Å². The Hall–Kier alpha value is -0.840. The predicted molar refractivity (Wildman–Crippen MR) is 61.0 cm³/mol. The number of halogens is 1. The van der Waals surface area contributed by atoms with Crippen LogP contribution in [-0.4, -0.2) is 38.9 Å². The SMILES string of the molecule is CC1CN(C(=O)c2cn[nH]c2)CCC1Br. The van der Waals surface area contributed by atoms with Crippen LogP contribution >= 0.6 is 15.9 Å². The number of amides is 1. The largest absolute Gasteiger partial charge is 0.338 e. The fourth-order valence-electron chi connectivity index (χ4n) is 1.85. The third kappa shape index (κ3) is 2.22. The highest BCUT2D eigenvalue weighted by atomic mass is 79.9. The number of carbonyl (C=O) groups excluding carboxylic acids is 1. The molecule has 0 radical (unpaired) electrons. The second-order valence-electron chi connectivity index (χ2n) is 4.02. The van der Waals surface area contributed by atoms with Gasteiger partial charge < -0.3 is 4.90 Å². The number of H-pyrrole nitrogens is 1. The summed E-state index contributed by atoms with van der Waals surface area (Å²) in [5.41, 5.74) is 0.648. The Morgan fingerprint density at radius 2 is 2.53 bits per heavy atom. The zero-order valence-electron chi connectivity index (χ0n) is 8.61. The normalized spacial score (nSPS) is 26.7. The van der Waals surface area contributed by atoms with E-state index in [1.165, 1.54) is 0 Å². The Balaban J connectivity index is 2.03. The van der Waals surface area contributed by atoms with Crippen LogP contribution in [0.3, 0.4) is 0 Å². The minimum Gasteiger partial charge on any atom is -0.338 e. The van der Waals surface area contributed by atoms with Crippen LogP contribution < -0.4 is 0 Å². The lowest BCUT2D eigenvalue weighted by Gasteiger charge is -2.34. The topological polar surface area (TPSA) is 49.0 Å². The van der Waals surface area contributed by atoms with E-state index in [1.54, 1.807) is 12.4 Å². The molecule has 2 heterocycles. The zero-order chi connectivity index (χ0) is 10.8. The molecule has 2 rings (SSSR count). The molecule has 82 valence electrons. The molecule has 1 saturated heterocycles. The van der Waals surface area contributed by atoms with E-state index in [0.29, 0.717) is 16.3 Å². The monoisotopic (exact) mass is 271 g/mol. The van der Waals surface area contributed by atoms with Gasteiger partial charge in [-0.2, -0.15) is 5.10 Å². The van der Waals surface area contributed by atoms with Crippen molar-refractivity contribution in [3.8, 4) is 0 Å². The van der Waals surface area contributed by atoms with Crippen molar-refractivity contribution in [1.29, 1.82) is 0 Å². The number of piperidine rings is 1. The van der Waals surface area contributed by atoms with Crippen molar-refractivity contribution < 1.29 is 4.79 Å². The number of hydrogen-bond acceptors (Lipinski definition) is 2. The van der Waals surface area contributed by atoms with E-state index in [2.05, 4.69) is 33.1 Å². The maximum Gasteiger partial charge on any atom is 0.257 e. The number of nitrogens with zero attached hydrogens (tertiary/aromatic N) is 2. The summed E-state index contributed by atoms with van der Waals surface area (Å²) in [4.78, 5) is 14.4. The number of alkyl halides is 1. The Morgan fingerprint density at radius 3 is 3.13 bits per heavy atom. The zero-order valence-corrected chi connectivity index (χ0v) is 10.2. The summed E-state index contributed by atoms with van der Waals surface area (Å²) in [6, 6.07) is 0. The Bertz CT molecular complexity index is 338. The molecule has 0 bridgehead atoms. The lowest BCUT2D eigenvalue weighted by molar-refractivity contribution is 0.0690. The molecule has 1 aromatic rings. The van der Waals surface area contributed by atoms with Gasteiger partial charge in [-0.3, -0.25) is 9.89 Å². The van der Waals surface area contributed by atoms with Crippen LogP contribution in [0.4, 0.5) is 0 Å². The lowest BCUT2D eigenvalue weighted by atomic mass is 10.00. The van der Waals surface area contributed by atoms with Crippen molar-refractivity contribution in [1.82, 2.24) is 15.1 Å². The molecule has 0 aliphatic carbocycles. The first-order chi connectivity index (χ1) is 7.18. The first-order valence-electron chi connectivity index (χ1n) is 5.10. The third-order valence-corrected chi connectivity index (χ3v) is 4.19. The molecule has 15 heavy (non-hydrogen) atoms. The van der Waals surface area contributed by atoms with Crippen molar-refractivity contribution in [2.24, 2.45) is 5.92 Å². The van der Waals surface area contributed by atoms with Crippen LogP contribution in [0.1, 0.15) is 23.7 Å². The molecule has 5 heteroatoms. The highest BCUT2D eigenvalue weighted by Crippen LogP contribution is 2.24. The van der Waals surface area contributed by atoms with Gasteiger partial charge in [0.2, 0.25) is 0 Å². The molecule has 1 N–H and O–H groups in total. The average Bonchev–Trinajstić information content (AvgIpc) is 2.74. The molecule has 0 spiro atoms. The standard InChI is InChI=1S/C10H14BrN3O/c1-7-6-14(3-2-9(7)11)10(15)8-4-12-13-5-8/h4-5,7,9H,2-3,6H2,1H3,(H,12,13). The van der Waals surface area contributed by atoms with Crippen LogP contribution in [0.25, 0.3) is 0 Å². The second kappa shape index (κ2) is 4.35. The lowest BCUT2D eigenvalue weighted by Crippen LogP contribution is -2.43. The number of aromatic amines is 1. The van der Waals surface area contributed by atoms with Crippen LogP contribution in [-0.2, 0) is 0 Å². The van der Waals surface area contributed by atoms with Gasteiger partial charge in [-0.05, 0) is 12.3 Å². The maximum atomic E-state index is 12.0. The summed E-state index contributed by atoms with van der Waals surface area (Å²) >= 11 is 3.62. The maximum absolute atomic E-state index is 12.0. The van der Waals surface area contributed by atoms with Crippen LogP contribution in [0.5, 0.6) is 0 Å². The summed E-state index contributed by atoms with van der Waals surface area (Å²) in [7, 11) is 0. The van der Waals surface area contributed by atoms with Gasteiger partial charge in [0, 0.05) is 24.1 Å². The van der Waals surface area contributed by atoms with Crippen LogP contribution in [0.15, 0.2) is 12.4 Å². The molecule has 1 fully saturated rings. The summed E-state index contributed by atoms with van der Waals surface area (Å²) in [5.74, 6) is 0.588. The van der Waals surface area contributed by atoms with Gasteiger partial charge in [0.15, 0.2) is 0 Å². The minimum atomic E-state index is 0.0787. The summed E-state index contributed by atoms with van der Waals surface area (Å²) in [6.07, 6.45) is 4.24. The van der Waals surface area contributed by atoms with Crippen molar-refractivity contribution in [3.63, 3.8) is 0 Å². The molecule has 0 aromatic carbocycles. The minimum absolute atomic E-state index is 0.0787. The average molecular weight is 272 g/mol. The van der Waals surface area contributed by atoms with E-state index in [1.807, 2.05) is 4.90 Å². The van der Waals surface area contributed by atoms with Crippen molar-refractivity contribution in [2.45, 2.75) is 18.2 Å². The summed E-state index contributed by atoms with van der Waals surface area (Å²) < 4.78 is 0. The molecular formula is C10H14BrN3O. The van der Waals surface area contributed by atoms with Crippen LogP contribution in [0.2, 0.25) is 0 Å². The highest BCUT2D eigenvalue weighted by molar-refractivity contribution is 9.09. The van der Waals surface area contributed by atoms with E-state index in [4.69, 9.17) is 0 Å². The summed E-state index contributed by atoms with van der Waals surface area (Å²) in [6.45, 7) is 3.80. The van der Waals surface area contributed by atoms with Gasteiger partial charge in [0.1, 0.15) is 0 Å². The van der Waals surface area contributed by atoms with Crippen LogP contribution in [0, 0.1) is 5.92 Å². The van der Waals surface area contributed by atoms with Gasteiger partial charge in [-0.1, -0.05) is 22.9 Å². The Labute approximate surface area is 97.2 Å². The van der Waals surface area contributed by atoms with Gasteiger partial charge in [0.25, 0.3) is 5.91 Å². The molecular weight excluding hydrogens is 258 g/mol. The van der Waals surface area contributed by atoms with E-state index < -0.39 is 0 Å². The van der Waals surface area contributed by atoms with Crippen molar-refractivity contribution in [3.05, 3.63) is 18.0 Å². The molecule has 2 unspecified atom stereocenters. The fraction of sp³-hybridized carbons (Fsp3) is 0.600. The van der Waals surface area contributed by atoms with E-state index in [9.17, 15) is 4.79 Å². The first kappa shape index (κ1) is 10.7. The first-order valence-corrected chi connectivity index (χ1v) is 6.02. The molecule has 1 amide bonds. The Kier molecular flexibility index (Phi) is 3.09. The van der Waals surface area contributed by atoms with E-state index >= 15 is 0 Å². The molecule has 1 aliphatic heterocycles. The number of nitrogens with one attached hydrogen (secondary N) is 1.